The molecule has 1 atom stereocenters. The monoisotopic (exact) mass is 485 g/mol. The van der Waals surface area contributed by atoms with E-state index in [1.807, 2.05) is 48.5 Å². The highest BCUT2D eigenvalue weighted by atomic mass is 16.5. The smallest absolute Gasteiger partial charge is 0.127 e. The summed E-state index contributed by atoms with van der Waals surface area (Å²) in [4.78, 5) is 2.48. The van der Waals surface area contributed by atoms with Crippen molar-refractivity contribution in [2.75, 3.05) is 33.4 Å². The molecule has 3 aromatic rings. The molecule has 0 aliphatic carbocycles. The summed E-state index contributed by atoms with van der Waals surface area (Å²) < 4.78 is 17.6. The van der Waals surface area contributed by atoms with Gasteiger partial charge in [-0.1, -0.05) is 54.6 Å². The van der Waals surface area contributed by atoms with Crippen molar-refractivity contribution in [3.8, 4) is 30.1 Å². The Morgan fingerprint density at radius 3 is 2.06 bits per heavy atom. The van der Waals surface area contributed by atoms with Crippen LogP contribution in [-0.4, -0.2) is 43.9 Å². The van der Waals surface area contributed by atoms with Crippen molar-refractivity contribution in [3.63, 3.8) is 0 Å². The number of benzene rings is 3. The van der Waals surface area contributed by atoms with Crippen LogP contribution in [0.3, 0.4) is 0 Å². The molecule has 4 nitrogen and oxygen atoms in total. The van der Waals surface area contributed by atoms with Gasteiger partial charge in [0.25, 0.3) is 0 Å². The summed E-state index contributed by atoms with van der Waals surface area (Å²) in [6.07, 6.45) is 11.6. The van der Waals surface area contributed by atoms with Gasteiger partial charge in [0.05, 0.1) is 7.11 Å². The number of hydrogen-bond donors (Lipinski definition) is 0. The van der Waals surface area contributed by atoms with E-state index in [4.69, 9.17) is 14.2 Å². The summed E-state index contributed by atoms with van der Waals surface area (Å²) in [6.45, 7) is 8.51. The summed E-state index contributed by atoms with van der Waals surface area (Å²) >= 11 is 0. The van der Waals surface area contributed by atoms with Crippen molar-refractivity contribution >= 4 is 0 Å². The summed E-state index contributed by atoms with van der Waals surface area (Å²) in [5.41, 5.74) is 2.31. The van der Waals surface area contributed by atoms with Gasteiger partial charge in [-0.3, -0.25) is 4.90 Å². The normalized spacial score (nSPS) is 17.8. The van der Waals surface area contributed by atoms with Crippen LogP contribution in [0.15, 0.2) is 78.9 Å². The molecule has 0 aromatic heterocycles. The first-order chi connectivity index (χ1) is 17.5. The Balaban J connectivity index is 0.000000390. The second kappa shape index (κ2) is 13.6. The molecule has 1 fully saturated rings. The number of hydrogen-bond acceptors (Lipinski definition) is 4. The minimum Gasteiger partial charge on any atom is -0.497 e. The lowest BCUT2D eigenvalue weighted by molar-refractivity contribution is 0.0771. The Labute approximate surface area is 217 Å². The molecule has 36 heavy (non-hydrogen) atoms. The lowest BCUT2D eigenvalue weighted by Crippen LogP contribution is -2.35. The molecule has 0 N–H and O–H groups in total. The van der Waals surface area contributed by atoms with E-state index in [0.717, 1.165) is 36.8 Å². The highest BCUT2D eigenvalue weighted by Crippen LogP contribution is 2.45. The van der Waals surface area contributed by atoms with E-state index in [1.54, 1.807) is 7.11 Å². The first-order valence-electron chi connectivity index (χ1n) is 12.7. The van der Waals surface area contributed by atoms with E-state index >= 15 is 0 Å². The molecule has 5 rings (SSSR count). The van der Waals surface area contributed by atoms with Gasteiger partial charge in [0.15, 0.2) is 0 Å². The van der Waals surface area contributed by atoms with Gasteiger partial charge >= 0.3 is 0 Å². The number of rotatable bonds is 6. The van der Waals surface area contributed by atoms with Gasteiger partial charge in [-0.15, -0.1) is 12.8 Å². The summed E-state index contributed by atoms with van der Waals surface area (Å²) in [7, 11) is 1.69. The van der Waals surface area contributed by atoms with E-state index in [-0.39, 0.29) is 5.60 Å². The Morgan fingerprint density at radius 1 is 0.889 bits per heavy atom. The van der Waals surface area contributed by atoms with Gasteiger partial charge in [-0.2, -0.15) is 0 Å². The molecule has 2 heterocycles. The molecule has 190 valence electrons. The summed E-state index contributed by atoms with van der Waals surface area (Å²) in [5, 5.41) is 0. The highest BCUT2D eigenvalue weighted by molar-refractivity contribution is 5.49. The maximum Gasteiger partial charge on any atom is 0.127 e. The lowest BCUT2D eigenvalue weighted by atomic mass is 9.80. The summed E-state index contributed by atoms with van der Waals surface area (Å²) in [6, 6.07) is 26.8. The third kappa shape index (κ3) is 7.80. The maximum atomic E-state index is 6.23. The molecule has 0 saturated carbocycles. The van der Waals surface area contributed by atoms with Crippen LogP contribution in [0.4, 0.5) is 0 Å². The number of fused-ring (bicyclic) bond motifs is 1. The van der Waals surface area contributed by atoms with Crippen LogP contribution < -0.4 is 14.2 Å². The van der Waals surface area contributed by atoms with Crippen LogP contribution >= 0.6 is 0 Å². The Hall–Kier alpha value is -3.42. The van der Waals surface area contributed by atoms with E-state index in [9.17, 15) is 0 Å². The van der Waals surface area contributed by atoms with E-state index in [1.165, 1.54) is 37.1 Å². The third-order valence-electron chi connectivity index (χ3n) is 6.50. The first-order valence-corrected chi connectivity index (χ1v) is 12.7. The average molecular weight is 486 g/mol. The van der Waals surface area contributed by atoms with Crippen molar-refractivity contribution < 1.29 is 14.2 Å². The minimum absolute atomic E-state index is 0.213. The Bertz CT molecular complexity index is 1030. The van der Waals surface area contributed by atoms with Crippen LogP contribution in [0.25, 0.3) is 0 Å². The molecule has 3 aromatic carbocycles. The zero-order chi connectivity index (χ0) is 25.8. The largest absolute Gasteiger partial charge is 0.497 e. The molecule has 4 heteroatoms. The highest BCUT2D eigenvalue weighted by Gasteiger charge is 2.34. The van der Waals surface area contributed by atoms with Gasteiger partial charge in [-0.05, 0) is 70.0 Å². The SMILES string of the molecule is C#C.COc1ccc2c(c1)OC(C)(C)C[C@@H]2c1ccc(OCCN2CCCC2)cc1.c1ccccc1. The van der Waals surface area contributed by atoms with Gasteiger partial charge in [0.1, 0.15) is 29.5 Å². The van der Waals surface area contributed by atoms with Crippen molar-refractivity contribution in [1.82, 2.24) is 4.90 Å². The zero-order valence-electron chi connectivity index (χ0n) is 21.9. The zero-order valence-corrected chi connectivity index (χ0v) is 21.9. The van der Waals surface area contributed by atoms with Crippen molar-refractivity contribution in [3.05, 3.63) is 90.0 Å². The molecule has 2 aliphatic heterocycles. The molecular formula is C32H39NO3. The fourth-order valence-electron chi connectivity index (χ4n) is 4.74. The van der Waals surface area contributed by atoms with E-state index in [0.29, 0.717) is 5.92 Å². The van der Waals surface area contributed by atoms with Gasteiger partial charge in [-0.25, -0.2) is 0 Å². The minimum atomic E-state index is -0.213. The van der Waals surface area contributed by atoms with Crippen molar-refractivity contribution in [1.29, 1.82) is 0 Å². The third-order valence-corrected chi connectivity index (χ3v) is 6.50. The molecule has 0 amide bonds. The number of terminal acetylenes is 1. The van der Waals surface area contributed by atoms with Crippen molar-refractivity contribution in [2.24, 2.45) is 0 Å². The van der Waals surface area contributed by atoms with Crippen LogP contribution in [0, 0.1) is 12.8 Å². The quantitative estimate of drug-likeness (QED) is 0.359. The number of ether oxygens (including phenoxy) is 3. The van der Waals surface area contributed by atoms with Crippen LogP contribution in [0.5, 0.6) is 17.2 Å². The molecule has 2 aliphatic rings. The standard InChI is InChI=1S/C24H31NO3.C6H6.C2H2/c1-24(2)17-22(21-11-10-20(26-3)16-23(21)28-24)18-6-8-19(9-7-18)27-15-14-25-12-4-5-13-25;1-2-4-6-5-3-1;1-2/h6-11,16,22H,4-5,12-15,17H2,1-3H3;1-6H;1-2H/t22-;;/m1../s1. The fourth-order valence-corrected chi connectivity index (χ4v) is 4.74. The molecule has 0 radical (unpaired) electrons. The average Bonchev–Trinajstić information content (AvgIpc) is 3.44. The Morgan fingerprint density at radius 2 is 1.47 bits per heavy atom. The van der Waals surface area contributed by atoms with Crippen LogP contribution in [-0.2, 0) is 0 Å². The fraction of sp³-hybridized carbons (Fsp3) is 0.375. The summed E-state index contributed by atoms with van der Waals surface area (Å²) in [5.74, 6) is 3.01. The van der Waals surface area contributed by atoms with Crippen LogP contribution in [0.2, 0.25) is 0 Å². The predicted octanol–water partition coefficient (Wildman–Crippen LogP) is 6.80. The Kier molecular flexibility index (Phi) is 10.3. The molecule has 0 spiro atoms. The lowest BCUT2D eigenvalue weighted by Gasteiger charge is -2.38. The molecule has 0 bridgehead atoms. The maximum absolute atomic E-state index is 6.23. The van der Waals surface area contributed by atoms with Crippen molar-refractivity contribution in [2.45, 2.75) is 44.6 Å². The second-order valence-corrected chi connectivity index (χ2v) is 9.64. The molecular weight excluding hydrogens is 446 g/mol. The number of methoxy groups -OCH3 is 1. The molecule has 0 unspecified atom stereocenters. The van der Waals surface area contributed by atoms with Gasteiger partial charge < -0.3 is 14.2 Å². The topological polar surface area (TPSA) is 30.9 Å². The second-order valence-electron chi connectivity index (χ2n) is 9.64. The molecule has 1 saturated heterocycles. The number of nitrogens with zero attached hydrogens (tertiary/aromatic N) is 1. The van der Waals surface area contributed by atoms with Gasteiger partial charge in [0.2, 0.25) is 0 Å². The number of likely N-dealkylation sites (tertiary alicyclic amines) is 1. The van der Waals surface area contributed by atoms with Crippen LogP contribution in [0.1, 0.15) is 50.2 Å². The van der Waals surface area contributed by atoms with Gasteiger partial charge in [0, 0.05) is 24.1 Å². The predicted molar refractivity (Wildman–Crippen MR) is 148 cm³/mol. The van der Waals surface area contributed by atoms with E-state index in [2.05, 4.69) is 61.9 Å². The first kappa shape index (κ1) is 27.2. The van der Waals surface area contributed by atoms with E-state index < -0.39 is 0 Å².